The molecule has 1 unspecified atom stereocenters. The summed E-state index contributed by atoms with van der Waals surface area (Å²) in [6.45, 7) is 3.72. The molecule has 1 atom stereocenters. The standard InChI is InChI=1S/C17H23ClO2/c1-2-17(8-3-4-9-17)16(18)13-6-7-14-15(12-13)20-11-5-10-19-14/h6-7,12,16H,2-5,8-11H2,1H3. The Morgan fingerprint density at radius 3 is 2.50 bits per heavy atom. The lowest BCUT2D eigenvalue weighted by Crippen LogP contribution is -2.21. The number of ether oxygens (including phenoxy) is 2. The van der Waals surface area contributed by atoms with Gasteiger partial charge in [-0.3, -0.25) is 0 Å². The second-order valence-electron chi connectivity index (χ2n) is 6.04. The fourth-order valence-corrected chi connectivity index (χ4v) is 4.06. The van der Waals surface area contributed by atoms with Crippen LogP contribution in [0.3, 0.4) is 0 Å². The number of halogens is 1. The van der Waals surface area contributed by atoms with Crippen molar-refractivity contribution in [1.29, 1.82) is 0 Å². The zero-order chi connectivity index (χ0) is 14.0. The highest BCUT2D eigenvalue weighted by atomic mass is 35.5. The molecule has 1 aromatic rings. The molecule has 0 amide bonds. The van der Waals surface area contributed by atoms with Gasteiger partial charge >= 0.3 is 0 Å². The Kier molecular flexibility index (Phi) is 4.11. The molecule has 1 aliphatic carbocycles. The lowest BCUT2D eigenvalue weighted by molar-refractivity contribution is 0.270. The van der Waals surface area contributed by atoms with Gasteiger partial charge in [-0.15, -0.1) is 11.6 Å². The highest BCUT2D eigenvalue weighted by molar-refractivity contribution is 6.21. The molecule has 1 saturated carbocycles. The minimum Gasteiger partial charge on any atom is -0.490 e. The second kappa shape index (κ2) is 5.85. The molecule has 110 valence electrons. The van der Waals surface area contributed by atoms with Crippen molar-refractivity contribution in [3.05, 3.63) is 23.8 Å². The molecule has 1 aromatic carbocycles. The van der Waals surface area contributed by atoms with Crippen LogP contribution in [0.2, 0.25) is 0 Å². The van der Waals surface area contributed by atoms with E-state index in [2.05, 4.69) is 19.1 Å². The third kappa shape index (κ3) is 2.50. The largest absolute Gasteiger partial charge is 0.490 e. The molecular weight excluding hydrogens is 272 g/mol. The molecule has 0 bridgehead atoms. The average molecular weight is 295 g/mol. The molecule has 0 aromatic heterocycles. The minimum atomic E-state index is 0.0761. The molecule has 0 saturated heterocycles. The van der Waals surface area contributed by atoms with Crippen molar-refractivity contribution >= 4 is 11.6 Å². The molecule has 3 heteroatoms. The first kappa shape index (κ1) is 14.1. The van der Waals surface area contributed by atoms with Crippen LogP contribution >= 0.6 is 11.6 Å². The predicted octanol–water partition coefficient (Wildman–Crippen LogP) is 5.10. The molecule has 20 heavy (non-hydrogen) atoms. The van der Waals surface area contributed by atoms with Gasteiger partial charge < -0.3 is 9.47 Å². The number of benzene rings is 1. The first-order valence-corrected chi connectivity index (χ1v) is 8.22. The first-order chi connectivity index (χ1) is 9.75. The van der Waals surface area contributed by atoms with Crippen LogP contribution in [0.4, 0.5) is 0 Å². The van der Waals surface area contributed by atoms with Crippen LogP contribution in [-0.4, -0.2) is 13.2 Å². The summed E-state index contributed by atoms with van der Waals surface area (Å²) < 4.78 is 11.5. The summed E-state index contributed by atoms with van der Waals surface area (Å²) in [4.78, 5) is 0. The molecule has 1 fully saturated rings. The molecule has 1 aliphatic heterocycles. The van der Waals surface area contributed by atoms with Gasteiger partial charge in [0.15, 0.2) is 11.5 Å². The van der Waals surface area contributed by atoms with Crippen LogP contribution in [0.25, 0.3) is 0 Å². The van der Waals surface area contributed by atoms with Gasteiger partial charge in [-0.1, -0.05) is 25.8 Å². The summed E-state index contributed by atoms with van der Waals surface area (Å²) in [5.41, 5.74) is 1.45. The summed E-state index contributed by atoms with van der Waals surface area (Å²) in [5, 5.41) is 0.0761. The van der Waals surface area contributed by atoms with Crippen molar-refractivity contribution < 1.29 is 9.47 Å². The zero-order valence-corrected chi connectivity index (χ0v) is 12.9. The maximum absolute atomic E-state index is 6.86. The molecule has 2 aliphatic rings. The van der Waals surface area contributed by atoms with Crippen molar-refractivity contribution in [1.82, 2.24) is 0 Å². The van der Waals surface area contributed by atoms with Crippen LogP contribution in [0.5, 0.6) is 11.5 Å². The van der Waals surface area contributed by atoms with E-state index in [1.165, 1.54) is 31.2 Å². The molecule has 3 rings (SSSR count). The van der Waals surface area contributed by atoms with Crippen molar-refractivity contribution in [2.75, 3.05) is 13.2 Å². The zero-order valence-electron chi connectivity index (χ0n) is 12.2. The fourth-order valence-electron chi connectivity index (χ4n) is 3.56. The van der Waals surface area contributed by atoms with Crippen molar-refractivity contribution in [2.24, 2.45) is 5.41 Å². The Balaban J connectivity index is 1.88. The van der Waals surface area contributed by atoms with E-state index in [1.54, 1.807) is 0 Å². The second-order valence-corrected chi connectivity index (χ2v) is 6.48. The quantitative estimate of drug-likeness (QED) is 0.722. The third-order valence-corrected chi connectivity index (χ3v) is 5.62. The third-order valence-electron chi connectivity index (χ3n) is 4.91. The number of alkyl halides is 1. The maximum atomic E-state index is 6.86. The molecule has 0 radical (unpaired) electrons. The lowest BCUT2D eigenvalue weighted by atomic mass is 9.77. The molecule has 1 heterocycles. The minimum absolute atomic E-state index is 0.0761. The highest BCUT2D eigenvalue weighted by Crippen LogP contribution is 2.53. The summed E-state index contributed by atoms with van der Waals surface area (Å²) >= 11 is 6.86. The van der Waals surface area contributed by atoms with Gasteiger partial charge in [0.05, 0.1) is 18.6 Å². The van der Waals surface area contributed by atoms with Gasteiger partial charge in [-0.05, 0) is 42.4 Å². The summed E-state index contributed by atoms with van der Waals surface area (Å²) in [6, 6.07) is 6.22. The number of hydrogen-bond acceptors (Lipinski definition) is 2. The van der Waals surface area contributed by atoms with Gasteiger partial charge in [0.2, 0.25) is 0 Å². The summed E-state index contributed by atoms with van der Waals surface area (Å²) in [5.74, 6) is 1.71. The van der Waals surface area contributed by atoms with E-state index >= 15 is 0 Å². The summed E-state index contributed by atoms with van der Waals surface area (Å²) in [7, 11) is 0. The Morgan fingerprint density at radius 2 is 1.80 bits per heavy atom. The SMILES string of the molecule is CCC1(C(Cl)c2ccc3c(c2)OCCCO3)CCCC1. The van der Waals surface area contributed by atoms with E-state index in [1.807, 2.05) is 6.07 Å². The number of fused-ring (bicyclic) bond motifs is 1. The Hall–Kier alpha value is -0.890. The molecule has 2 nitrogen and oxygen atoms in total. The van der Waals surface area contributed by atoms with E-state index < -0.39 is 0 Å². The van der Waals surface area contributed by atoms with Crippen molar-refractivity contribution in [2.45, 2.75) is 50.8 Å². The van der Waals surface area contributed by atoms with Crippen molar-refractivity contribution in [3.8, 4) is 11.5 Å². The van der Waals surface area contributed by atoms with Gasteiger partial charge in [0, 0.05) is 6.42 Å². The Morgan fingerprint density at radius 1 is 1.10 bits per heavy atom. The van der Waals surface area contributed by atoms with E-state index in [-0.39, 0.29) is 10.8 Å². The van der Waals surface area contributed by atoms with E-state index in [9.17, 15) is 0 Å². The topological polar surface area (TPSA) is 18.5 Å². The monoisotopic (exact) mass is 294 g/mol. The molecule has 0 spiro atoms. The molecule has 0 N–H and O–H groups in total. The Labute approximate surface area is 126 Å². The maximum Gasteiger partial charge on any atom is 0.161 e. The first-order valence-electron chi connectivity index (χ1n) is 7.79. The number of hydrogen-bond donors (Lipinski definition) is 0. The van der Waals surface area contributed by atoms with E-state index in [4.69, 9.17) is 21.1 Å². The van der Waals surface area contributed by atoms with Crippen LogP contribution in [0, 0.1) is 5.41 Å². The summed E-state index contributed by atoms with van der Waals surface area (Å²) in [6.07, 6.45) is 7.18. The van der Waals surface area contributed by atoms with Crippen LogP contribution in [-0.2, 0) is 0 Å². The number of rotatable bonds is 3. The van der Waals surface area contributed by atoms with Crippen LogP contribution < -0.4 is 9.47 Å². The average Bonchev–Trinajstić information content (AvgIpc) is 2.85. The normalized spacial score (nSPS) is 22.3. The van der Waals surface area contributed by atoms with Gasteiger partial charge in [0.25, 0.3) is 0 Å². The fraction of sp³-hybridized carbons (Fsp3) is 0.647. The molecular formula is C17H23ClO2. The highest BCUT2D eigenvalue weighted by Gasteiger charge is 2.39. The van der Waals surface area contributed by atoms with Crippen LogP contribution in [0.1, 0.15) is 56.4 Å². The predicted molar refractivity (Wildman–Crippen MR) is 81.8 cm³/mol. The Bertz CT molecular complexity index is 466. The van der Waals surface area contributed by atoms with E-state index in [0.717, 1.165) is 37.6 Å². The lowest BCUT2D eigenvalue weighted by Gasteiger charge is -2.33. The van der Waals surface area contributed by atoms with Crippen molar-refractivity contribution in [3.63, 3.8) is 0 Å². The van der Waals surface area contributed by atoms with Gasteiger partial charge in [-0.25, -0.2) is 0 Å². The van der Waals surface area contributed by atoms with Gasteiger partial charge in [-0.2, -0.15) is 0 Å². The van der Waals surface area contributed by atoms with Crippen LogP contribution in [0.15, 0.2) is 18.2 Å². The van der Waals surface area contributed by atoms with E-state index in [0.29, 0.717) is 0 Å². The van der Waals surface area contributed by atoms with Gasteiger partial charge in [0.1, 0.15) is 0 Å². The smallest absolute Gasteiger partial charge is 0.161 e.